The number of hydrogen-bond acceptors (Lipinski definition) is 3. The molecule has 0 aromatic heterocycles. The van der Waals surface area contributed by atoms with Crippen molar-refractivity contribution >= 4 is 26.0 Å². The first-order valence-corrected chi connectivity index (χ1v) is 7.39. The highest BCUT2D eigenvalue weighted by Crippen LogP contribution is 2.22. The van der Waals surface area contributed by atoms with Crippen LogP contribution in [0.3, 0.4) is 0 Å². The molecule has 0 spiro atoms. The maximum absolute atomic E-state index is 11.8. The second-order valence-corrected chi connectivity index (χ2v) is 6.06. The minimum Gasteiger partial charge on any atom is -0.384 e. The number of halogens is 1. The van der Waals surface area contributed by atoms with Crippen LogP contribution < -0.4 is 0 Å². The fourth-order valence-corrected chi connectivity index (χ4v) is 4.15. The summed E-state index contributed by atoms with van der Waals surface area (Å²) in [5, 5.41) is 0.721. The molecule has 0 saturated carbocycles. The van der Waals surface area contributed by atoms with Crippen LogP contribution in [0, 0.1) is 0 Å². The molecule has 1 aliphatic heterocycles. The van der Waals surface area contributed by atoms with Gasteiger partial charge in [-0.3, -0.25) is 0 Å². The van der Waals surface area contributed by atoms with Gasteiger partial charge in [-0.05, 0) is 12.8 Å². The quantitative estimate of drug-likeness (QED) is 0.703. The molecule has 14 heavy (non-hydrogen) atoms. The van der Waals surface area contributed by atoms with Gasteiger partial charge < -0.3 is 4.74 Å². The van der Waals surface area contributed by atoms with E-state index in [4.69, 9.17) is 4.74 Å². The Bertz CT molecular complexity index is 268. The van der Waals surface area contributed by atoms with Gasteiger partial charge in [-0.2, -0.15) is 4.31 Å². The molecule has 4 nitrogen and oxygen atoms in total. The van der Waals surface area contributed by atoms with E-state index < -0.39 is 10.0 Å². The molecule has 0 aliphatic carbocycles. The molecule has 1 unspecified atom stereocenters. The third kappa shape index (κ3) is 2.92. The first kappa shape index (κ1) is 12.4. The smallest absolute Gasteiger partial charge is 0.216 e. The Labute approximate surface area is 93.8 Å². The SMILES string of the molecule is COCCS(=O)(=O)N1CCCC1CBr. The van der Waals surface area contributed by atoms with Crippen LogP contribution in [0.4, 0.5) is 0 Å². The third-order valence-corrected chi connectivity index (χ3v) is 5.03. The molecular weight excluding hydrogens is 270 g/mol. The number of nitrogens with zero attached hydrogens (tertiary/aromatic N) is 1. The van der Waals surface area contributed by atoms with Crippen molar-refractivity contribution in [1.29, 1.82) is 0 Å². The molecule has 1 saturated heterocycles. The second-order valence-electron chi connectivity index (χ2n) is 3.37. The van der Waals surface area contributed by atoms with E-state index in [1.807, 2.05) is 0 Å². The lowest BCUT2D eigenvalue weighted by molar-refractivity contribution is 0.215. The number of methoxy groups -OCH3 is 1. The van der Waals surface area contributed by atoms with E-state index in [0.717, 1.165) is 18.2 Å². The summed E-state index contributed by atoms with van der Waals surface area (Å²) < 4.78 is 30.0. The lowest BCUT2D eigenvalue weighted by atomic mass is 10.3. The van der Waals surface area contributed by atoms with Crippen LogP contribution in [0.15, 0.2) is 0 Å². The van der Waals surface area contributed by atoms with Crippen molar-refractivity contribution in [2.24, 2.45) is 0 Å². The topological polar surface area (TPSA) is 46.6 Å². The largest absolute Gasteiger partial charge is 0.384 e. The number of rotatable bonds is 5. The molecule has 0 N–H and O–H groups in total. The number of sulfonamides is 1. The highest BCUT2D eigenvalue weighted by molar-refractivity contribution is 9.09. The Morgan fingerprint density at radius 1 is 1.57 bits per heavy atom. The van der Waals surface area contributed by atoms with Gasteiger partial charge in [-0.25, -0.2) is 8.42 Å². The van der Waals surface area contributed by atoms with Crippen molar-refractivity contribution in [1.82, 2.24) is 4.31 Å². The molecule has 0 bridgehead atoms. The standard InChI is InChI=1S/C8H16BrNO3S/c1-13-5-6-14(11,12)10-4-2-3-8(10)7-9/h8H,2-7H2,1H3. The van der Waals surface area contributed by atoms with E-state index in [1.54, 1.807) is 4.31 Å². The minimum atomic E-state index is -3.11. The zero-order valence-electron chi connectivity index (χ0n) is 8.28. The Kier molecular flexibility index (Phi) is 4.82. The molecule has 0 aromatic carbocycles. The van der Waals surface area contributed by atoms with Gasteiger partial charge in [-0.1, -0.05) is 15.9 Å². The predicted octanol–water partition coefficient (Wildman–Crippen LogP) is 0.822. The summed E-state index contributed by atoms with van der Waals surface area (Å²) in [5.41, 5.74) is 0. The lowest BCUT2D eigenvalue weighted by Crippen LogP contribution is -2.38. The average molecular weight is 286 g/mol. The average Bonchev–Trinajstić information content (AvgIpc) is 2.63. The Balaban J connectivity index is 2.61. The van der Waals surface area contributed by atoms with Crippen molar-refractivity contribution in [2.75, 3.05) is 31.3 Å². The zero-order chi connectivity index (χ0) is 10.6. The highest BCUT2D eigenvalue weighted by atomic mass is 79.9. The summed E-state index contributed by atoms with van der Waals surface area (Å²) in [6, 6.07) is 0.136. The summed E-state index contributed by atoms with van der Waals surface area (Å²) in [6.07, 6.45) is 1.92. The van der Waals surface area contributed by atoms with Crippen molar-refractivity contribution in [3.05, 3.63) is 0 Å². The van der Waals surface area contributed by atoms with Crippen LogP contribution in [0.25, 0.3) is 0 Å². The number of hydrogen-bond donors (Lipinski definition) is 0. The van der Waals surface area contributed by atoms with Crippen LogP contribution in [0.1, 0.15) is 12.8 Å². The molecule has 84 valence electrons. The van der Waals surface area contributed by atoms with Crippen LogP contribution in [-0.2, 0) is 14.8 Å². The summed E-state index contributed by atoms with van der Waals surface area (Å²) in [7, 11) is -1.59. The molecule has 0 radical (unpaired) electrons. The van der Waals surface area contributed by atoms with Gasteiger partial charge in [0.2, 0.25) is 10.0 Å². The first-order valence-electron chi connectivity index (χ1n) is 4.66. The molecule has 0 amide bonds. The summed E-state index contributed by atoms with van der Waals surface area (Å²) >= 11 is 3.34. The molecule has 6 heteroatoms. The first-order chi connectivity index (χ1) is 6.61. The fourth-order valence-electron chi connectivity index (χ4n) is 1.64. The van der Waals surface area contributed by atoms with Gasteiger partial charge in [0.05, 0.1) is 12.4 Å². The molecule has 0 aromatic rings. The number of ether oxygens (including phenoxy) is 1. The van der Waals surface area contributed by atoms with Gasteiger partial charge >= 0.3 is 0 Å². The summed E-state index contributed by atoms with van der Waals surface area (Å²) in [6.45, 7) is 0.927. The highest BCUT2D eigenvalue weighted by Gasteiger charge is 2.32. The molecule has 1 aliphatic rings. The van der Waals surface area contributed by atoms with Crippen LogP contribution >= 0.6 is 15.9 Å². The van der Waals surface area contributed by atoms with E-state index in [0.29, 0.717) is 6.54 Å². The lowest BCUT2D eigenvalue weighted by Gasteiger charge is -2.22. The fraction of sp³-hybridized carbons (Fsp3) is 1.00. The summed E-state index contributed by atoms with van der Waals surface area (Å²) in [4.78, 5) is 0. The minimum absolute atomic E-state index is 0.0903. The molecule has 1 atom stereocenters. The Hall–Kier alpha value is 0.350. The van der Waals surface area contributed by atoms with Crippen LogP contribution in [0.5, 0.6) is 0 Å². The summed E-state index contributed by atoms with van der Waals surface area (Å²) in [5.74, 6) is 0.0903. The normalized spacial score (nSPS) is 24.3. The maximum Gasteiger partial charge on any atom is 0.216 e. The monoisotopic (exact) mass is 285 g/mol. The molecule has 1 heterocycles. The third-order valence-electron chi connectivity index (χ3n) is 2.40. The van der Waals surface area contributed by atoms with Gasteiger partial charge in [0.25, 0.3) is 0 Å². The van der Waals surface area contributed by atoms with E-state index in [9.17, 15) is 8.42 Å². The van der Waals surface area contributed by atoms with Gasteiger partial charge in [-0.15, -0.1) is 0 Å². The maximum atomic E-state index is 11.8. The van der Waals surface area contributed by atoms with Gasteiger partial charge in [0.15, 0.2) is 0 Å². The van der Waals surface area contributed by atoms with Gasteiger partial charge in [0.1, 0.15) is 0 Å². The van der Waals surface area contributed by atoms with E-state index in [-0.39, 0.29) is 18.4 Å². The van der Waals surface area contributed by atoms with E-state index >= 15 is 0 Å². The Morgan fingerprint density at radius 2 is 2.29 bits per heavy atom. The Morgan fingerprint density at radius 3 is 2.86 bits per heavy atom. The van der Waals surface area contributed by atoms with Crippen LogP contribution in [-0.4, -0.2) is 50.1 Å². The predicted molar refractivity (Wildman–Crippen MR) is 59.2 cm³/mol. The van der Waals surface area contributed by atoms with Crippen molar-refractivity contribution in [3.8, 4) is 0 Å². The van der Waals surface area contributed by atoms with Crippen molar-refractivity contribution < 1.29 is 13.2 Å². The molecule has 1 rings (SSSR count). The zero-order valence-corrected chi connectivity index (χ0v) is 10.7. The van der Waals surface area contributed by atoms with Crippen molar-refractivity contribution in [2.45, 2.75) is 18.9 Å². The van der Waals surface area contributed by atoms with Crippen LogP contribution in [0.2, 0.25) is 0 Å². The van der Waals surface area contributed by atoms with E-state index in [1.165, 1.54) is 7.11 Å². The molecular formula is C8H16BrNO3S. The van der Waals surface area contributed by atoms with Gasteiger partial charge in [0, 0.05) is 25.0 Å². The second kappa shape index (κ2) is 5.44. The molecule has 1 fully saturated rings. The van der Waals surface area contributed by atoms with Crippen molar-refractivity contribution in [3.63, 3.8) is 0 Å². The van der Waals surface area contributed by atoms with E-state index in [2.05, 4.69) is 15.9 Å². The number of alkyl halides is 1.